The van der Waals surface area contributed by atoms with Gasteiger partial charge < -0.3 is 10.1 Å². The van der Waals surface area contributed by atoms with Gasteiger partial charge in [0.25, 0.3) is 0 Å². The normalized spacial score (nSPS) is 15.9. The molecular weight excluding hydrogens is 174 g/mol. The van der Waals surface area contributed by atoms with Crippen LogP contribution in [0.2, 0.25) is 0 Å². The van der Waals surface area contributed by atoms with Gasteiger partial charge in [-0.05, 0) is 32.7 Å². The topological polar surface area (TPSA) is 21.3 Å². The van der Waals surface area contributed by atoms with E-state index in [1.807, 2.05) is 0 Å². The van der Waals surface area contributed by atoms with Crippen molar-refractivity contribution < 1.29 is 4.74 Å². The number of hydrogen-bond donors (Lipinski definition) is 1. The van der Waals surface area contributed by atoms with E-state index in [1.54, 1.807) is 7.11 Å². The predicted octanol–water partition coefficient (Wildman–Crippen LogP) is 2.83. The van der Waals surface area contributed by atoms with Gasteiger partial charge in [0.05, 0.1) is 6.10 Å². The molecule has 0 aromatic carbocycles. The lowest BCUT2D eigenvalue weighted by molar-refractivity contribution is 0.0977. The zero-order valence-electron chi connectivity index (χ0n) is 10.5. The molecule has 0 radical (unpaired) electrons. The van der Waals surface area contributed by atoms with Crippen molar-refractivity contribution in [1.82, 2.24) is 5.32 Å². The highest BCUT2D eigenvalue weighted by Crippen LogP contribution is 2.17. The van der Waals surface area contributed by atoms with Gasteiger partial charge in [-0.15, -0.1) is 0 Å². The predicted molar refractivity (Wildman–Crippen MR) is 62.6 cm³/mol. The van der Waals surface area contributed by atoms with Crippen LogP contribution in [0.4, 0.5) is 0 Å². The largest absolute Gasteiger partial charge is 0.382 e. The van der Waals surface area contributed by atoms with Gasteiger partial charge in [0.1, 0.15) is 0 Å². The highest BCUT2D eigenvalue weighted by atomic mass is 16.5. The number of hydrogen-bond acceptors (Lipinski definition) is 2. The van der Waals surface area contributed by atoms with Gasteiger partial charge in [-0.1, -0.05) is 26.7 Å². The van der Waals surface area contributed by atoms with E-state index in [2.05, 4.69) is 33.1 Å². The van der Waals surface area contributed by atoms with E-state index in [1.165, 1.54) is 19.3 Å². The van der Waals surface area contributed by atoms with Crippen LogP contribution in [0.3, 0.4) is 0 Å². The molecule has 0 heterocycles. The van der Waals surface area contributed by atoms with Crippen LogP contribution in [0.1, 0.15) is 46.5 Å². The summed E-state index contributed by atoms with van der Waals surface area (Å²) in [7, 11) is 3.84. The first-order chi connectivity index (χ1) is 6.67. The molecule has 0 rings (SSSR count). The highest BCUT2D eigenvalue weighted by Gasteiger charge is 2.14. The Bertz CT molecular complexity index is 123. The van der Waals surface area contributed by atoms with Gasteiger partial charge in [0.15, 0.2) is 0 Å². The van der Waals surface area contributed by atoms with Crippen molar-refractivity contribution in [3.8, 4) is 0 Å². The first-order valence-corrected chi connectivity index (χ1v) is 5.87. The molecule has 0 aromatic heterocycles. The summed E-state index contributed by atoms with van der Waals surface area (Å²) in [5.41, 5.74) is 0. The minimum absolute atomic E-state index is 0.363. The molecule has 0 aliphatic rings. The molecule has 0 aromatic rings. The van der Waals surface area contributed by atoms with Crippen molar-refractivity contribution >= 4 is 0 Å². The molecule has 0 aliphatic carbocycles. The van der Waals surface area contributed by atoms with Crippen molar-refractivity contribution in [2.75, 3.05) is 14.2 Å². The minimum Gasteiger partial charge on any atom is -0.382 e. The Morgan fingerprint density at radius 1 is 1.14 bits per heavy atom. The van der Waals surface area contributed by atoms with Crippen LogP contribution in [-0.4, -0.2) is 26.3 Å². The molecule has 86 valence electrons. The lowest BCUT2D eigenvalue weighted by Crippen LogP contribution is -2.31. The fourth-order valence-corrected chi connectivity index (χ4v) is 1.85. The maximum atomic E-state index is 5.29. The van der Waals surface area contributed by atoms with Crippen LogP contribution in [0.5, 0.6) is 0 Å². The number of rotatable bonds is 8. The van der Waals surface area contributed by atoms with Gasteiger partial charge in [-0.3, -0.25) is 0 Å². The Kier molecular flexibility index (Phi) is 8.20. The first kappa shape index (κ1) is 13.9. The van der Waals surface area contributed by atoms with Gasteiger partial charge in [0, 0.05) is 13.2 Å². The number of methoxy groups -OCH3 is 1. The van der Waals surface area contributed by atoms with Gasteiger partial charge >= 0.3 is 0 Å². The smallest absolute Gasteiger partial charge is 0.0558 e. The average molecular weight is 201 g/mol. The van der Waals surface area contributed by atoms with E-state index in [9.17, 15) is 0 Å². The lowest BCUT2D eigenvalue weighted by Gasteiger charge is -2.23. The Morgan fingerprint density at radius 2 is 1.71 bits per heavy atom. The molecule has 2 atom stereocenters. The molecule has 2 unspecified atom stereocenters. The molecule has 14 heavy (non-hydrogen) atoms. The molecule has 1 N–H and O–H groups in total. The molecule has 0 aliphatic heterocycles. The van der Waals surface area contributed by atoms with Crippen LogP contribution in [0.15, 0.2) is 0 Å². The Morgan fingerprint density at radius 3 is 2.07 bits per heavy atom. The van der Waals surface area contributed by atoms with Crippen LogP contribution < -0.4 is 5.32 Å². The molecule has 0 saturated heterocycles. The summed E-state index contributed by atoms with van der Waals surface area (Å²) in [6.45, 7) is 6.69. The third kappa shape index (κ3) is 5.61. The molecule has 0 amide bonds. The summed E-state index contributed by atoms with van der Waals surface area (Å²) in [6, 6.07) is 0.606. The van der Waals surface area contributed by atoms with E-state index in [0.717, 1.165) is 12.3 Å². The molecule has 0 bridgehead atoms. The highest BCUT2D eigenvalue weighted by molar-refractivity contribution is 4.72. The maximum absolute atomic E-state index is 5.29. The van der Waals surface area contributed by atoms with Crippen molar-refractivity contribution in [3.05, 3.63) is 0 Å². The van der Waals surface area contributed by atoms with Gasteiger partial charge in [-0.25, -0.2) is 0 Å². The Hall–Kier alpha value is -0.0800. The van der Waals surface area contributed by atoms with E-state index in [-0.39, 0.29) is 0 Å². The number of nitrogens with one attached hydrogen (secondary N) is 1. The van der Waals surface area contributed by atoms with Gasteiger partial charge in [0.2, 0.25) is 0 Å². The van der Waals surface area contributed by atoms with Crippen LogP contribution in [0.25, 0.3) is 0 Å². The number of ether oxygens (including phenoxy) is 1. The second kappa shape index (κ2) is 8.25. The lowest BCUT2D eigenvalue weighted by atomic mass is 9.92. The molecular formula is C12H27NO. The van der Waals surface area contributed by atoms with E-state index in [4.69, 9.17) is 4.74 Å². The second-order valence-corrected chi connectivity index (χ2v) is 4.19. The SMILES string of the molecule is CCC(CC)CC(CC(C)OC)NC. The first-order valence-electron chi connectivity index (χ1n) is 5.87. The van der Waals surface area contributed by atoms with E-state index < -0.39 is 0 Å². The van der Waals surface area contributed by atoms with E-state index in [0.29, 0.717) is 12.1 Å². The standard InChI is InChI=1S/C12H27NO/c1-6-11(7-2)9-12(13-4)8-10(3)14-5/h10-13H,6-9H2,1-5H3. The maximum Gasteiger partial charge on any atom is 0.0558 e. The third-order valence-corrected chi connectivity index (χ3v) is 3.20. The molecule has 0 saturated carbocycles. The Balaban J connectivity index is 3.88. The van der Waals surface area contributed by atoms with Crippen LogP contribution in [-0.2, 0) is 4.74 Å². The summed E-state index contributed by atoms with van der Waals surface area (Å²) < 4.78 is 5.29. The average Bonchev–Trinajstić information content (AvgIpc) is 2.23. The fourth-order valence-electron chi connectivity index (χ4n) is 1.85. The van der Waals surface area contributed by atoms with Crippen molar-refractivity contribution in [2.24, 2.45) is 5.92 Å². The van der Waals surface area contributed by atoms with E-state index >= 15 is 0 Å². The van der Waals surface area contributed by atoms with Crippen LogP contribution in [0, 0.1) is 5.92 Å². The summed E-state index contributed by atoms with van der Waals surface area (Å²) in [6.07, 6.45) is 5.33. The molecule has 0 spiro atoms. The molecule has 0 fully saturated rings. The van der Waals surface area contributed by atoms with Crippen molar-refractivity contribution in [2.45, 2.75) is 58.6 Å². The van der Waals surface area contributed by atoms with Crippen molar-refractivity contribution in [1.29, 1.82) is 0 Å². The molecule has 2 nitrogen and oxygen atoms in total. The van der Waals surface area contributed by atoms with Crippen molar-refractivity contribution in [3.63, 3.8) is 0 Å². The summed E-state index contributed by atoms with van der Waals surface area (Å²) in [5.74, 6) is 0.858. The summed E-state index contributed by atoms with van der Waals surface area (Å²) >= 11 is 0. The zero-order valence-corrected chi connectivity index (χ0v) is 10.5. The second-order valence-electron chi connectivity index (χ2n) is 4.19. The van der Waals surface area contributed by atoms with Crippen LogP contribution >= 0.6 is 0 Å². The quantitative estimate of drug-likeness (QED) is 0.652. The monoisotopic (exact) mass is 201 g/mol. The van der Waals surface area contributed by atoms with Gasteiger partial charge in [-0.2, -0.15) is 0 Å². The fraction of sp³-hybridized carbons (Fsp3) is 1.00. The minimum atomic E-state index is 0.363. The zero-order chi connectivity index (χ0) is 11.0. The molecule has 2 heteroatoms. The third-order valence-electron chi connectivity index (χ3n) is 3.20. The summed E-state index contributed by atoms with van der Waals surface area (Å²) in [4.78, 5) is 0. The summed E-state index contributed by atoms with van der Waals surface area (Å²) in [5, 5.41) is 3.39. The Labute approximate surface area is 89.4 Å².